The average molecular weight is 597 g/mol. The standard InChI is InChI=1S/C38H64N2O3/c1-24-15-20-38(33(42)40-23-11-10-12-25(2)39)22-21-36(8)28(32(38)26(24)3)13-14-30-35(7)18-17-31(43-27(4)41)34(5,6)29(35)16-19-37(30,36)9/h13,24-26,29-32H,10-12,14-23,39H2,1-9H3,(H,40,42)/t24-,25?,26+,29?,30?,31+,32?,35+,36-,37-,38+/m1/s1. The maximum Gasteiger partial charge on any atom is 0.302 e. The van der Waals surface area contributed by atoms with E-state index in [9.17, 15) is 9.59 Å². The Balaban J connectivity index is 1.46. The second-order valence-electron chi connectivity index (χ2n) is 17.5. The van der Waals surface area contributed by atoms with Crippen LogP contribution in [-0.4, -0.2) is 30.6 Å². The lowest BCUT2D eigenvalue weighted by Gasteiger charge is -2.71. The molecule has 0 saturated heterocycles. The van der Waals surface area contributed by atoms with Gasteiger partial charge >= 0.3 is 5.97 Å². The van der Waals surface area contributed by atoms with Crippen LogP contribution in [0.2, 0.25) is 0 Å². The van der Waals surface area contributed by atoms with Crippen molar-refractivity contribution in [1.82, 2.24) is 5.32 Å². The summed E-state index contributed by atoms with van der Waals surface area (Å²) in [4.78, 5) is 26.3. The zero-order chi connectivity index (χ0) is 31.6. The molecule has 1 amide bonds. The number of unbranched alkanes of at least 4 members (excludes halogenated alkanes) is 1. The Hall–Kier alpha value is -1.36. The van der Waals surface area contributed by atoms with Crippen LogP contribution in [0, 0.1) is 56.7 Å². The first kappa shape index (κ1) is 33.0. The molecular formula is C38H64N2O3. The largest absolute Gasteiger partial charge is 0.462 e. The Morgan fingerprint density at radius 2 is 1.70 bits per heavy atom. The number of esters is 1. The molecule has 0 aromatic carbocycles. The minimum Gasteiger partial charge on any atom is -0.462 e. The van der Waals surface area contributed by atoms with Crippen LogP contribution in [0.1, 0.15) is 139 Å². The normalized spacial score (nSPS) is 45.8. The van der Waals surface area contributed by atoms with Crippen molar-refractivity contribution >= 4 is 11.9 Å². The number of nitrogens with one attached hydrogen (secondary N) is 1. The summed E-state index contributed by atoms with van der Waals surface area (Å²) < 4.78 is 5.94. The molecule has 3 N–H and O–H groups in total. The van der Waals surface area contributed by atoms with Gasteiger partial charge in [-0.1, -0.05) is 66.5 Å². The highest BCUT2D eigenvalue weighted by atomic mass is 16.5. The van der Waals surface area contributed by atoms with Gasteiger partial charge in [-0.3, -0.25) is 9.59 Å². The highest BCUT2D eigenvalue weighted by Gasteiger charge is 2.69. The summed E-state index contributed by atoms with van der Waals surface area (Å²) in [5.74, 6) is 2.81. The van der Waals surface area contributed by atoms with Crippen LogP contribution >= 0.6 is 0 Å². The van der Waals surface area contributed by atoms with Crippen LogP contribution in [0.15, 0.2) is 11.6 Å². The molecule has 0 aromatic heterocycles. The zero-order valence-electron chi connectivity index (χ0n) is 29.1. The van der Waals surface area contributed by atoms with Crippen LogP contribution in [0.5, 0.6) is 0 Å². The number of nitrogens with two attached hydrogens (primary N) is 1. The lowest BCUT2D eigenvalue weighted by molar-refractivity contribution is -0.212. The van der Waals surface area contributed by atoms with E-state index in [1.54, 1.807) is 12.5 Å². The van der Waals surface area contributed by atoms with Crippen molar-refractivity contribution in [3.05, 3.63) is 11.6 Å². The molecular weight excluding hydrogens is 532 g/mol. The van der Waals surface area contributed by atoms with Crippen LogP contribution in [0.4, 0.5) is 0 Å². The molecule has 0 aromatic rings. The fourth-order valence-corrected chi connectivity index (χ4v) is 12.2. The lowest BCUT2D eigenvalue weighted by atomic mass is 9.33. The monoisotopic (exact) mass is 596 g/mol. The molecule has 4 saturated carbocycles. The molecule has 11 atom stereocenters. The molecule has 0 aliphatic heterocycles. The van der Waals surface area contributed by atoms with Gasteiger partial charge in [0.1, 0.15) is 6.10 Å². The quantitative estimate of drug-likeness (QED) is 0.176. The van der Waals surface area contributed by atoms with E-state index >= 15 is 0 Å². The fourth-order valence-electron chi connectivity index (χ4n) is 12.2. The third-order valence-electron chi connectivity index (χ3n) is 15.1. The summed E-state index contributed by atoms with van der Waals surface area (Å²) in [5.41, 5.74) is 7.84. The van der Waals surface area contributed by atoms with E-state index in [4.69, 9.17) is 10.5 Å². The number of hydrogen-bond donors (Lipinski definition) is 2. The Labute approximate surface area is 263 Å². The lowest BCUT2D eigenvalue weighted by Crippen LogP contribution is -2.66. The van der Waals surface area contributed by atoms with Crippen molar-refractivity contribution in [3.63, 3.8) is 0 Å². The first-order chi connectivity index (χ1) is 20.0. The summed E-state index contributed by atoms with van der Waals surface area (Å²) in [7, 11) is 0. The summed E-state index contributed by atoms with van der Waals surface area (Å²) in [6.45, 7) is 21.8. The predicted octanol–water partition coefficient (Wildman–Crippen LogP) is 8.21. The summed E-state index contributed by atoms with van der Waals surface area (Å²) in [5, 5.41) is 3.45. The van der Waals surface area contributed by atoms with E-state index in [2.05, 4.69) is 66.8 Å². The van der Waals surface area contributed by atoms with Gasteiger partial charge in [0.05, 0.1) is 5.41 Å². The number of carbonyl (C=O) groups is 2. The first-order valence-corrected chi connectivity index (χ1v) is 18.0. The highest BCUT2D eigenvalue weighted by molar-refractivity contribution is 5.84. The number of amides is 1. The fraction of sp³-hybridized carbons (Fsp3) is 0.895. The van der Waals surface area contributed by atoms with Crippen molar-refractivity contribution in [2.45, 2.75) is 152 Å². The van der Waals surface area contributed by atoms with E-state index < -0.39 is 0 Å². The van der Waals surface area contributed by atoms with Gasteiger partial charge in [-0.15, -0.1) is 0 Å². The number of hydrogen-bond acceptors (Lipinski definition) is 4. The third-order valence-corrected chi connectivity index (χ3v) is 15.1. The Bertz CT molecular complexity index is 1110. The van der Waals surface area contributed by atoms with E-state index in [0.717, 1.165) is 70.8 Å². The Morgan fingerprint density at radius 3 is 2.37 bits per heavy atom. The summed E-state index contributed by atoms with van der Waals surface area (Å²) >= 11 is 0. The topological polar surface area (TPSA) is 81.4 Å². The van der Waals surface area contributed by atoms with E-state index in [-0.39, 0.29) is 45.2 Å². The van der Waals surface area contributed by atoms with E-state index in [1.807, 2.05) is 0 Å². The number of rotatable bonds is 7. The SMILES string of the molecule is CC(=O)O[C@H]1CC[C@@]2(C)C(CC[C@]3(C)C2CC=C2C4[C@@H](C)[C@H](C)CC[C@]4(C(=O)NCCCCC(C)N)CC[C@]23C)C1(C)C. The van der Waals surface area contributed by atoms with Gasteiger partial charge < -0.3 is 15.8 Å². The molecule has 43 heavy (non-hydrogen) atoms. The van der Waals surface area contributed by atoms with Crippen LogP contribution in [0.3, 0.4) is 0 Å². The van der Waals surface area contributed by atoms with Gasteiger partial charge in [0.15, 0.2) is 0 Å². The predicted molar refractivity (Wildman–Crippen MR) is 175 cm³/mol. The second kappa shape index (κ2) is 11.5. The minimum atomic E-state index is -0.271. The molecule has 0 bridgehead atoms. The van der Waals surface area contributed by atoms with Crippen molar-refractivity contribution in [2.24, 2.45) is 62.4 Å². The van der Waals surface area contributed by atoms with Gasteiger partial charge in [-0.05, 0) is 123 Å². The van der Waals surface area contributed by atoms with Crippen molar-refractivity contribution < 1.29 is 14.3 Å². The Kier molecular flexibility index (Phi) is 8.80. The molecule has 5 nitrogen and oxygen atoms in total. The van der Waals surface area contributed by atoms with Crippen molar-refractivity contribution in [3.8, 4) is 0 Å². The summed E-state index contributed by atoms with van der Waals surface area (Å²) in [6.07, 6.45) is 15.7. The molecule has 5 aliphatic carbocycles. The zero-order valence-corrected chi connectivity index (χ0v) is 29.1. The van der Waals surface area contributed by atoms with Gasteiger partial charge in [-0.25, -0.2) is 0 Å². The number of fused-ring (bicyclic) bond motifs is 7. The van der Waals surface area contributed by atoms with E-state index in [1.165, 1.54) is 12.8 Å². The molecule has 4 fully saturated rings. The van der Waals surface area contributed by atoms with Crippen LogP contribution in [0.25, 0.3) is 0 Å². The molecule has 0 spiro atoms. The summed E-state index contributed by atoms with van der Waals surface area (Å²) in [6, 6.07) is 0.228. The minimum absolute atomic E-state index is 0.00908. The number of ether oxygens (including phenoxy) is 1. The molecule has 5 aliphatic rings. The van der Waals surface area contributed by atoms with Crippen molar-refractivity contribution in [1.29, 1.82) is 0 Å². The second-order valence-corrected chi connectivity index (χ2v) is 17.5. The molecule has 0 radical (unpaired) electrons. The maximum absolute atomic E-state index is 14.3. The first-order valence-electron chi connectivity index (χ1n) is 18.0. The Morgan fingerprint density at radius 1 is 0.977 bits per heavy atom. The third kappa shape index (κ3) is 5.05. The van der Waals surface area contributed by atoms with Gasteiger partial charge in [-0.2, -0.15) is 0 Å². The maximum atomic E-state index is 14.3. The van der Waals surface area contributed by atoms with Gasteiger partial charge in [0.25, 0.3) is 0 Å². The molecule has 0 heterocycles. The van der Waals surface area contributed by atoms with Gasteiger partial charge in [0.2, 0.25) is 5.91 Å². The number of carbonyl (C=O) groups excluding carboxylic acids is 2. The van der Waals surface area contributed by atoms with Crippen LogP contribution in [-0.2, 0) is 14.3 Å². The molecule has 4 unspecified atom stereocenters. The smallest absolute Gasteiger partial charge is 0.302 e. The van der Waals surface area contributed by atoms with Gasteiger partial charge in [0, 0.05) is 24.9 Å². The van der Waals surface area contributed by atoms with E-state index in [0.29, 0.717) is 35.5 Å². The highest BCUT2D eigenvalue weighted by Crippen LogP contribution is 2.75. The molecule has 244 valence electrons. The molecule has 5 heteroatoms. The average Bonchev–Trinajstić information content (AvgIpc) is 2.92. The van der Waals surface area contributed by atoms with Crippen LogP contribution < -0.4 is 11.1 Å². The number of allylic oxidation sites excluding steroid dienone is 2. The molecule has 5 rings (SSSR count). The van der Waals surface area contributed by atoms with Crippen molar-refractivity contribution in [2.75, 3.05) is 6.54 Å².